The number of nitrogens with zero attached hydrogens (tertiary/aromatic N) is 4. The number of hydrogen-bond acceptors (Lipinski definition) is 7. The molecule has 2 aromatic heterocycles. The van der Waals surface area contributed by atoms with Crippen molar-refractivity contribution in [3.8, 4) is 0 Å². The Labute approximate surface area is 150 Å². The van der Waals surface area contributed by atoms with Crippen LogP contribution in [0.2, 0.25) is 0 Å². The van der Waals surface area contributed by atoms with Gasteiger partial charge in [0.2, 0.25) is 5.95 Å². The molecule has 0 saturated heterocycles. The van der Waals surface area contributed by atoms with Crippen LogP contribution in [0, 0.1) is 27.7 Å². The molecule has 0 bridgehead atoms. The second kappa shape index (κ2) is 7.83. The van der Waals surface area contributed by atoms with Crippen LogP contribution < -0.4 is 22.2 Å². The van der Waals surface area contributed by atoms with E-state index in [1.54, 1.807) is 6.92 Å². The standard InChI is InChI=1S/C8H13N3OS.C8H11N3O/c1-5-6(2)11(4-9)8(13-3)10-7(5)12;1-5-6(2)11-4-3-9-8(11)10-7(5)12/h4,9H2,1-3H3;3-4H2,1-2H3,(H,9,10,12). The Bertz CT molecular complexity index is 903. The monoisotopic (exact) mass is 364 g/mol. The second-order valence-electron chi connectivity index (χ2n) is 5.75. The number of hydrogen-bond donors (Lipinski definition) is 2. The SMILES string of the molecule is CSc1nc(=O)c(C)c(C)n1CN.Cc1c(C)n2c(nc1=O)NCC2. The molecule has 8 nitrogen and oxygen atoms in total. The van der Waals surface area contributed by atoms with Gasteiger partial charge in [0.05, 0.1) is 6.67 Å². The molecule has 0 fully saturated rings. The number of nitrogens with one attached hydrogen (secondary N) is 1. The zero-order chi connectivity index (χ0) is 18.7. The highest BCUT2D eigenvalue weighted by molar-refractivity contribution is 7.98. The number of rotatable bonds is 2. The van der Waals surface area contributed by atoms with Crippen molar-refractivity contribution in [3.05, 3.63) is 43.2 Å². The van der Waals surface area contributed by atoms with Crippen LogP contribution in [-0.4, -0.2) is 31.9 Å². The van der Waals surface area contributed by atoms with E-state index in [2.05, 4.69) is 15.3 Å². The highest BCUT2D eigenvalue weighted by Crippen LogP contribution is 2.13. The van der Waals surface area contributed by atoms with Gasteiger partial charge in [0.1, 0.15) is 0 Å². The van der Waals surface area contributed by atoms with Crippen LogP contribution in [0.5, 0.6) is 0 Å². The second-order valence-corrected chi connectivity index (χ2v) is 6.53. The van der Waals surface area contributed by atoms with Crippen molar-refractivity contribution < 1.29 is 0 Å². The van der Waals surface area contributed by atoms with Crippen LogP contribution in [0.15, 0.2) is 14.7 Å². The smallest absolute Gasteiger partial charge is 0.277 e. The van der Waals surface area contributed by atoms with Crippen LogP contribution in [0.25, 0.3) is 0 Å². The van der Waals surface area contributed by atoms with E-state index in [9.17, 15) is 9.59 Å². The molecule has 3 rings (SSSR count). The predicted octanol–water partition coefficient (Wildman–Crippen LogP) is 0.784. The Morgan fingerprint density at radius 1 is 1.08 bits per heavy atom. The van der Waals surface area contributed by atoms with Gasteiger partial charge < -0.3 is 20.2 Å². The van der Waals surface area contributed by atoms with Gasteiger partial charge in [0.25, 0.3) is 11.1 Å². The van der Waals surface area contributed by atoms with E-state index in [1.807, 2.05) is 36.2 Å². The molecule has 0 aliphatic carbocycles. The van der Waals surface area contributed by atoms with Gasteiger partial charge in [-0.25, -0.2) is 0 Å². The van der Waals surface area contributed by atoms with Gasteiger partial charge in [0.15, 0.2) is 5.16 Å². The summed E-state index contributed by atoms with van der Waals surface area (Å²) in [6.07, 6.45) is 1.88. The van der Waals surface area contributed by atoms with Gasteiger partial charge in [-0.3, -0.25) is 9.59 Å². The molecule has 1 aliphatic heterocycles. The van der Waals surface area contributed by atoms with Gasteiger partial charge in [-0.1, -0.05) is 11.8 Å². The minimum atomic E-state index is -0.161. The van der Waals surface area contributed by atoms with E-state index in [-0.39, 0.29) is 11.1 Å². The van der Waals surface area contributed by atoms with Crippen molar-refractivity contribution in [2.75, 3.05) is 18.1 Å². The average molecular weight is 364 g/mol. The molecule has 0 aromatic carbocycles. The average Bonchev–Trinajstić information content (AvgIpc) is 3.06. The number of aromatic nitrogens is 4. The molecule has 1 aliphatic rings. The van der Waals surface area contributed by atoms with E-state index >= 15 is 0 Å². The first-order valence-electron chi connectivity index (χ1n) is 7.95. The van der Waals surface area contributed by atoms with Crippen LogP contribution in [0.1, 0.15) is 22.5 Å². The molecule has 9 heteroatoms. The first-order chi connectivity index (χ1) is 11.8. The van der Waals surface area contributed by atoms with Crippen molar-refractivity contribution in [1.29, 1.82) is 0 Å². The zero-order valence-corrected chi connectivity index (χ0v) is 16.0. The fourth-order valence-electron chi connectivity index (χ4n) is 2.55. The zero-order valence-electron chi connectivity index (χ0n) is 15.2. The number of nitrogens with two attached hydrogens (primary N) is 1. The molecule has 0 radical (unpaired) electrons. The van der Waals surface area contributed by atoms with Crippen molar-refractivity contribution in [1.82, 2.24) is 19.1 Å². The highest BCUT2D eigenvalue weighted by Gasteiger charge is 2.14. The molecule has 25 heavy (non-hydrogen) atoms. The molecule has 0 atom stereocenters. The topological polar surface area (TPSA) is 108 Å². The molecule has 0 spiro atoms. The predicted molar refractivity (Wildman–Crippen MR) is 100 cm³/mol. The first-order valence-corrected chi connectivity index (χ1v) is 9.18. The lowest BCUT2D eigenvalue weighted by molar-refractivity contribution is 0.596. The van der Waals surface area contributed by atoms with Gasteiger partial charge in [0, 0.05) is 35.6 Å². The van der Waals surface area contributed by atoms with Crippen molar-refractivity contribution in [3.63, 3.8) is 0 Å². The van der Waals surface area contributed by atoms with Gasteiger partial charge in [-0.05, 0) is 34.0 Å². The lowest BCUT2D eigenvalue weighted by atomic mass is 10.2. The number of thioether (sulfide) groups is 1. The van der Waals surface area contributed by atoms with Crippen LogP contribution in [-0.2, 0) is 13.2 Å². The maximum atomic E-state index is 11.3. The Morgan fingerprint density at radius 2 is 1.68 bits per heavy atom. The molecular formula is C16H24N6O2S. The van der Waals surface area contributed by atoms with Crippen LogP contribution >= 0.6 is 11.8 Å². The third-order valence-electron chi connectivity index (χ3n) is 4.41. The summed E-state index contributed by atoms with van der Waals surface area (Å²) in [4.78, 5) is 30.4. The third-order valence-corrected chi connectivity index (χ3v) is 5.09. The lowest BCUT2D eigenvalue weighted by Gasteiger charge is -2.13. The molecule has 3 N–H and O–H groups in total. The Balaban J connectivity index is 0.000000181. The fourth-order valence-corrected chi connectivity index (χ4v) is 3.15. The molecule has 0 unspecified atom stereocenters. The molecular weight excluding hydrogens is 340 g/mol. The summed E-state index contributed by atoms with van der Waals surface area (Å²) >= 11 is 1.43. The summed E-state index contributed by atoms with van der Waals surface area (Å²) in [5.41, 5.74) is 8.62. The van der Waals surface area contributed by atoms with Crippen molar-refractivity contribution in [2.45, 2.75) is 46.1 Å². The van der Waals surface area contributed by atoms with E-state index in [0.29, 0.717) is 23.3 Å². The van der Waals surface area contributed by atoms with E-state index in [4.69, 9.17) is 5.73 Å². The summed E-state index contributed by atoms with van der Waals surface area (Å²) in [5, 5.41) is 3.74. The van der Waals surface area contributed by atoms with Crippen molar-refractivity contribution >= 4 is 17.7 Å². The molecule has 2 aromatic rings. The van der Waals surface area contributed by atoms with E-state index in [1.165, 1.54) is 11.8 Å². The Hall–Kier alpha value is -2.13. The number of fused-ring (bicyclic) bond motifs is 1. The summed E-state index contributed by atoms with van der Waals surface area (Å²) < 4.78 is 3.87. The van der Waals surface area contributed by atoms with Crippen molar-refractivity contribution in [2.24, 2.45) is 5.73 Å². The van der Waals surface area contributed by atoms with Gasteiger partial charge in [-0.15, -0.1) is 0 Å². The number of anilines is 1. The lowest BCUT2D eigenvalue weighted by Crippen LogP contribution is -2.23. The largest absolute Gasteiger partial charge is 0.354 e. The molecule has 3 heterocycles. The Morgan fingerprint density at radius 3 is 2.28 bits per heavy atom. The molecule has 136 valence electrons. The van der Waals surface area contributed by atoms with Gasteiger partial charge in [-0.2, -0.15) is 9.97 Å². The van der Waals surface area contributed by atoms with E-state index < -0.39 is 0 Å². The maximum absolute atomic E-state index is 11.3. The first kappa shape index (κ1) is 19.2. The fraction of sp³-hybridized carbons (Fsp3) is 0.500. The minimum Gasteiger partial charge on any atom is -0.354 e. The molecule has 0 amide bonds. The minimum absolute atomic E-state index is 0.117. The quantitative estimate of drug-likeness (QED) is 0.599. The summed E-state index contributed by atoms with van der Waals surface area (Å²) in [6, 6.07) is 0. The third kappa shape index (κ3) is 3.77. The maximum Gasteiger partial charge on any atom is 0.277 e. The van der Waals surface area contributed by atoms with E-state index in [0.717, 1.165) is 30.0 Å². The van der Waals surface area contributed by atoms with Crippen LogP contribution in [0.4, 0.5) is 5.95 Å². The summed E-state index contributed by atoms with van der Waals surface area (Å²) in [6.45, 7) is 9.55. The summed E-state index contributed by atoms with van der Waals surface area (Å²) in [5.74, 6) is 0.711. The molecule has 0 saturated carbocycles. The Kier molecular flexibility index (Phi) is 6.02. The normalized spacial score (nSPS) is 12.2. The summed E-state index contributed by atoms with van der Waals surface area (Å²) in [7, 11) is 0. The van der Waals surface area contributed by atoms with Gasteiger partial charge >= 0.3 is 0 Å². The highest BCUT2D eigenvalue weighted by atomic mass is 32.2. The van der Waals surface area contributed by atoms with Crippen LogP contribution in [0.3, 0.4) is 0 Å².